The summed E-state index contributed by atoms with van der Waals surface area (Å²) in [5.41, 5.74) is 8.29. The molecule has 0 bridgehead atoms. The van der Waals surface area contributed by atoms with Crippen molar-refractivity contribution in [2.45, 2.75) is 44.1 Å². The lowest BCUT2D eigenvalue weighted by Crippen LogP contribution is -2.37. The number of carbonyl (C=O) groups is 1. The molecule has 28 heavy (non-hydrogen) atoms. The van der Waals surface area contributed by atoms with E-state index < -0.39 is 5.91 Å². The summed E-state index contributed by atoms with van der Waals surface area (Å²) in [5, 5.41) is 3.74. The topological polar surface area (TPSA) is 86.5 Å². The summed E-state index contributed by atoms with van der Waals surface area (Å²) in [4.78, 5) is 15.4. The van der Waals surface area contributed by atoms with E-state index in [1.165, 1.54) is 23.7 Å². The maximum atomic E-state index is 11.2. The maximum absolute atomic E-state index is 11.2. The zero-order chi connectivity index (χ0) is 19.3. The standard InChI is InChI=1S/C22H27N3O3/c23-22(26)16-7-8-21(25-14-16)28-20-6-2-4-18-15(3-1-5-19(18)20)13-24-17-9-11-27-12-10-17/h2,4,6-8,14-15,17,24H,1,3,5,9-13H2,(H2,23,26). The molecule has 1 amide bonds. The fourth-order valence-electron chi connectivity index (χ4n) is 4.13. The lowest BCUT2D eigenvalue weighted by Gasteiger charge is -2.30. The molecule has 2 heterocycles. The zero-order valence-corrected chi connectivity index (χ0v) is 16.0. The summed E-state index contributed by atoms with van der Waals surface area (Å²) < 4.78 is 11.5. The molecule has 1 aliphatic carbocycles. The van der Waals surface area contributed by atoms with Crippen LogP contribution in [0.3, 0.4) is 0 Å². The van der Waals surface area contributed by atoms with Crippen LogP contribution in [0.1, 0.15) is 53.1 Å². The van der Waals surface area contributed by atoms with Crippen LogP contribution in [0.4, 0.5) is 0 Å². The molecule has 1 aromatic heterocycles. The number of nitrogens with two attached hydrogens (primary N) is 1. The van der Waals surface area contributed by atoms with Gasteiger partial charge in [-0.3, -0.25) is 4.79 Å². The van der Waals surface area contributed by atoms with Crippen molar-refractivity contribution < 1.29 is 14.3 Å². The van der Waals surface area contributed by atoms with Crippen LogP contribution in [-0.4, -0.2) is 36.7 Å². The Kier molecular flexibility index (Phi) is 5.88. The molecular formula is C22H27N3O3. The first kappa shape index (κ1) is 18.9. The molecule has 0 radical (unpaired) electrons. The third-order valence-electron chi connectivity index (χ3n) is 5.70. The molecule has 3 N–H and O–H groups in total. The normalized spacial score (nSPS) is 19.8. The molecule has 2 aliphatic rings. The summed E-state index contributed by atoms with van der Waals surface area (Å²) in [6.45, 7) is 2.71. The van der Waals surface area contributed by atoms with Crippen LogP contribution >= 0.6 is 0 Å². The van der Waals surface area contributed by atoms with Gasteiger partial charge in [-0.1, -0.05) is 12.1 Å². The number of carbonyl (C=O) groups excluding carboxylic acids is 1. The molecule has 6 nitrogen and oxygen atoms in total. The van der Waals surface area contributed by atoms with Crippen molar-refractivity contribution in [3.8, 4) is 11.6 Å². The molecule has 6 heteroatoms. The van der Waals surface area contributed by atoms with E-state index in [4.69, 9.17) is 15.2 Å². The number of fused-ring (bicyclic) bond motifs is 1. The minimum absolute atomic E-state index is 0.377. The second-order valence-electron chi connectivity index (χ2n) is 7.56. The second-order valence-corrected chi connectivity index (χ2v) is 7.56. The summed E-state index contributed by atoms with van der Waals surface area (Å²) >= 11 is 0. The Bertz CT molecular complexity index is 816. The minimum atomic E-state index is -0.490. The Hall–Kier alpha value is -2.44. The maximum Gasteiger partial charge on any atom is 0.250 e. The fourth-order valence-corrected chi connectivity index (χ4v) is 4.13. The third kappa shape index (κ3) is 4.34. The minimum Gasteiger partial charge on any atom is -0.439 e. The van der Waals surface area contributed by atoms with Gasteiger partial charge in [0.2, 0.25) is 11.8 Å². The summed E-state index contributed by atoms with van der Waals surface area (Å²) in [6.07, 6.45) is 7.00. The van der Waals surface area contributed by atoms with E-state index in [0.29, 0.717) is 23.4 Å². The van der Waals surface area contributed by atoms with Crippen LogP contribution in [0.2, 0.25) is 0 Å². The van der Waals surface area contributed by atoms with E-state index >= 15 is 0 Å². The number of rotatable bonds is 6. The zero-order valence-electron chi connectivity index (χ0n) is 16.0. The van der Waals surface area contributed by atoms with Crippen LogP contribution in [0.25, 0.3) is 0 Å². The average molecular weight is 381 g/mol. The first-order valence-corrected chi connectivity index (χ1v) is 10.1. The first-order valence-electron chi connectivity index (χ1n) is 10.1. The second kappa shape index (κ2) is 8.71. The van der Waals surface area contributed by atoms with Gasteiger partial charge < -0.3 is 20.5 Å². The van der Waals surface area contributed by atoms with Crippen LogP contribution in [-0.2, 0) is 11.2 Å². The molecule has 4 rings (SSSR count). The van der Waals surface area contributed by atoms with Gasteiger partial charge in [-0.25, -0.2) is 4.98 Å². The van der Waals surface area contributed by atoms with Gasteiger partial charge in [0.25, 0.3) is 0 Å². The number of aromatic nitrogens is 1. The number of ether oxygens (including phenoxy) is 2. The van der Waals surface area contributed by atoms with Crippen molar-refractivity contribution >= 4 is 5.91 Å². The first-order chi connectivity index (χ1) is 13.7. The number of amides is 1. The van der Waals surface area contributed by atoms with Gasteiger partial charge in [-0.15, -0.1) is 0 Å². The summed E-state index contributed by atoms with van der Waals surface area (Å²) in [5.74, 6) is 1.34. The highest BCUT2D eigenvalue weighted by atomic mass is 16.5. The molecule has 1 fully saturated rings. The Labute approximate surface area is 165 Å². The highest BCUT2D eigenvalue weighted by Crippen LogP contribution is 2.38. The highest BCUT2D eigenvalue weighted by Gasteiger charge is 2.24. The molecule has 1 aliphatic heterocycles. The molecule has 2 aromatic rings. The molecule has 1 saturated heterocycles. The largest absolute Gasteiger partial charge is 0.439 e. The van der Waals surface area contributed by atoms with Crippen molar-refractivity contribution in [3.63, 3.8) is 0 Å². The molecule has 1 unspecified atom stereocenters. The van der Waals surface area contributed by atoms with Gasteiger partial charge >= 0.3 is 0 Å². The summed E-state index contributed by atoms with van der Waals surface area (Å²) in [7, 11) is 0. The quantitative estimate of drug-likeness (QED) is 0.803. The highest BCUT2D eigenvalue weighted by molar-refractivity contribution is 5.92. The molecule has 1 aromatic carbocycles. The van der Waals surface area contributed by atoms with E-state index in [1.807, 2.05) is 6.07 Å². The SMILES string of the molecule is NC(=O)c1ccc(Oc2cccc3c2CCCC3CNC2CCOCC2)nc1. The smallest absolute Gasteiger partial charge is 0.250 e. The number of hydrogen-bond donors (Lipinski definition) is 2. The van der Waals surface area contributed by atoms with Crippen LogP contribution < -0.4 is 15.8 Å². The molecule has 0 spiro atoms. The van der Waals surface area contributed by atoms with E-state index in [2.05, 4.69) is 22.4 Å². The number of nitrogens with one attached hydrogen (secondary N) is 1. The van der Waals surface area contributed by atoms with Crippen LogP contribution in [0.15, 0.2) is 36.5 Å². The van der Waals surface area contributed by atoms with Gasteiger partial charge in [0.05, 0.1) is 5.56 Å². The molecular weight excluding hydrogens is 354 g/mol. The van der Waals surface area contributed by atoms with Crippen LogP contribution in [0.5, 0.6) is 11.6 Å². The van der Waals surface area contributed by atoms with E-state index in [1.54, 1.807) is 12.1 Å². The van der Waals surface area contributed by atoms with Gasteiger partial charge in [0.15, 0.2) is 0 Å². The van der Waals surface area contributed by atoms with Crippen molar-refractivity contribution in [3.05, 3.63) is 53.2 Å². The van der Waals surface area contributed by atoms with E-state index in [0.717, 1.165) is 51.2 Å². The third-order valence-corrected chi connectivity index (χ3v) is 5.70. The van der Waals surface area contributed by atoms with Crippen molar-refractivity contribution in [1.82, 2.24) is 10.3 Å². The van der Waals surface area contributed by atoms with Crippen molar-refractivity contribution in [2.75, 3.05) is 19.8 Å². The Morgan fingerprint density at radius 3 is 2.82 bits per heavy atom. The number of benzene rings is 1. The summed E-state index contributed by atoms with van der Waals surface area (Å²) in [6, 6.07) is 10.2. The molecule has 1 atom stereocenters. The van der Waals surface area contributed by atoms with Gasteiger partial charge in [0, 0.05) is 38.1 Å². The number of hydrogen-bond acceptors (Lipinski definition) is 5. The predicted octanol–water partition coefficient (Wildman–Crippen LogP) is 3.16. The van der Waals surface area contributed by atoms with E-state index in [-0.39, 0.29) is 0 Å². The van der Waals surface area contributed by atoms with Gasteiger partial charge in [0.1, 0.15) is 5.75 Å². The monoisotopic (exact) mass is 381 g/mol. The van der Waals surface area contributed by atoms with E-state index in [9.17, 15) is 4.79 Å². The lowest BCUT2D eigenvalue weighted by molar-refractivity contribution is 0.0775. The van der Waals surface area contributed by atoms with Gasteiger partial charge in [-0.2, -0.15) is 0 Å². The van der Waals surface area contributed by atoms with Crippen molar-refractivity contribution in [1.29, 1.82) is 0 Å². The van der Waals surface area contributed by atoms with Crippen molar-refractivity contribution in [2.24, 2.45) is 5.73 Å². The Morgan fingerprint density at radius 2 is 2.07 bits per heavy atom. The van der Waals surface area contributed by atoms with Gasteiger partial charge in [-0.05, 0) is 61.3 Å². The molecule has 148 valence electrons. The Balaban J connectivity index is 1.47. The predicted molar refractivity (Wildman–Crippen MR) is 107 cm³/mol. The fraction of sp³-hybridized carbons (Fsp3) is 0.455. The van der Waals surface area contributed by atoms with Crippen LogP contribution in [0, 0.1) is 0 Å². The number of primary amides is 1. The lowest BCUT2D eigenvalue weighted by atomic mass is 9.82. The molecule has 0 saturated carbocycles. The average Bonchev–Trinajstić information content (AvgIpc) is 2.73. The Morgan fingerprint density at radius 1 is 1.21 bits per heavy atom. The number of pyridine rings is 1. The number of nitrogens with zero attached hydrogens (tertiary/aromatic N) is 1.